The maximum Gasteiger partial charge on any atom is 0.244 e. The first-order valence-electron chi connectivity index (χ1n) is 4.13. The highest BCUT2D eigenvalue weighted by Gasteiger charge is 2.17. The van der Waals surface area contributed by atoms with Gasteiger partial charge in [-0.1, -0.05) is 0 Å². The molecular weight excluding hydrogens is 192 g/mol. The molecule has 0 saturated carbocycles. The fourth-order valence-corrected chi connectivity index (χ4v) is 0.905. The SMILES string of the molecule is CCN(C)C(=O)C(C)NC(=O)CCl. The van der Waals surface area contributed by atoms with Gasteiger partial charge in [-0.15, -0.1) is 11.6 Å². The van der Waals surface area contributed by atoms with Crippen molar-refractivity contribution in [2.75, 3.05) is 19.5 Å². The second-order valence-corrected chi connectivity index (χ2v) is 3.04. The van der Waals surface area contributed by atoms with Gasteiger partial charge >= 0.3 is 0 Å². The molecule has 0 aromatic heterocycles. The fraction of sp³-hybridized carbons (Fsp3) is 0.750. The van der Waals surface area contributed by atoms with Crippen molar-refractivity contribution in [3.63, 3.8) is 0 Å². The lowest BCUT2D eigenvalue weighted by Gasteiger charge is -2.20. The number of carbonyl (C=O) groups excluding carboxylic acids is 2. The van der Waals surface area contributed by atoms with E-state index in [2.05, 4.69) is 5.32 Å². The molecule has 1 N–H and O–H groups in total. The van der Waals surface area contributed by atoms with Crippen LogP contribution in [-0.4, -0.2) is 42.2 Å². The zero-order chi connectivity index (χ0) is 10.4. The zero-order valence-electron chi connectivity index (χ0n) is 8.13. The Morgan fingerprint density at radius 3 is 2.46 bits per heavy atom. The number of likely N-dealkylation sites (N-methyl/N-ethyl adjacent to an activating group) is 1. The molecule has 13 heavy (non-hydrogen) atoms. The topological polar surface area (TPSA) is 49.4 Å². The third-order valence-electron chi connectivity index (χ3n) is 1.72. The van der Waals surface area contributed by atoms with E-state index in [9.17, 15) is 9.59 Å². The second-order valence-electron chi connectivity index (χ2n) is 2.78. The first kappa shape index (κ1) is 12.2. The van der Waals surface area contributed by atoms with Gasteiger partial charge in [0.1, 0.15) is 11.9 Å². The van der Waals surface area contributed by atoms with Crippen molar-refractivity contribution in [2.45, 2.75) is 19.9 Å². The van der Waals surface area contributed by atoms with E-state index in [1.54, 1.807) is 18.9 Å². The van der Waals surface area contributed by atoms with Gasteiger partial charge in [0.2, 0.25) is 11.8 Å². The van der Waals surface area contributed by atoms with E-state index >= 15 is 0 Å². The van der Waals surface area contributed by atoms with Crippen LogP contribution >= 0.6 is 11.6 Å². The van der Waals surface area contributed by atoms with Crippen molar-refractivity contribution >= 4 is 23.4 Å². The Balaban J connectivity index is 4.03. The van der Waals surface area contributed by atoms with Gasteiger partial charge in [-0.3, -0.25) is 9.59 Å². The highest BCUT2D eigenvalue weighted by atomic mass is 35.5. The van der Waals surface area contributed by atoms with Crippen molar-refractivity contribution in [1.82, 2.24) is 10.2 Å². The highest BCUT2D eigenvalue weighted by molar-refractivity contribution is 6.27. The predicted molar refractivity (Wildman–Crippen MR) is 51.6 cm³/mol. The summed E-state index contributed by atoms with van der Waals surface area (Å²) >= 11 is 5.28. The average molecular weight is 207 g/mol. The smallest absolute Gasteiger partial charge is 0.244 e. The van der Waals surface area contributed by atoms with E-state index < -0.39 is 6.04 Å². The fourth-order valence-electron chi connectivity index (χ4n) is 0.828. The van der Waals surface area contributed by atoms with Crippen molar-refractivity contribution in [3.05, 3.63) is 0 Å². The molecule has 4 nitrogen and oxygen atoms in total. The van der Waals surface area contributed by atoms with E-state index in [0.717, 1.165) is 0 Å². The summed E-state index contributed by atoms with van der Waals surface area (Å²) in [4.78, 5) is 23.8. The van der Waals surface area contributed by atoms with Gasteiger partial charge in [0.25, 0.3) is 0 Å². The van der Waals surface area contributed by atoms with Crippen LogP contribution in [0.1, 0.15) is 13.8 Å². The van der Waals surface area contributed by atoms with Gasteiger partial charge in [-0.25, -0.2) is 0 Å². The van der Waals surface area contributed by atoms with Gasteiger partial charge in [0, 0.05) is 13.6 Å². The largest absolute Gasteiger partial charge is 0.344 e. The quantitative estimate of drug-likeness (QED) is 0.669. The number of nitrogens with one attached hydrogen (secondary N) is 1. The van der Waals surface area contributed by atoms with Gasteiger partial charge in [0.15, 0.2) is 0 Å². The second kappa shape index (κ2) is 5.80. The standard InChI is InChI=1S/C8H15ClN2O2/c1-4-11(3)8(13)6(2)10-7(12)5-9/h6H,4-5H2,1-3H3,(H,10,12). The Kier molecular flexibility index (Phi) is 5.46. The Labute approximate surface area is 83.2 Å². The molecule has 0 aliphatic rings. The lowest BCUT2D eigenvalue weighted by atomic mass is 10.3. The van der Waals surface area contributed by atoms with Crippen molar-refractivity contribution in [2.24, 2.45) is 0 Å². The molecule has 0 saturated heterocycles. The molecule has 1 atom stereocenters. The molecule has 76 valence electrons. The molecule has 0 heterocycles. The van der Waals surface area contributed by atoms with Gasteiger partial charge in [0.05, 0.1) is 0 Å². The lowest BCUT2D eigenvalue weighted by Crippen LogP contribution is -2.45. The summed E-state index contributed by atoms with van der Waals surface area (Å²) in [6, 6.07) is -0.504. The number of rotatable bonds is 4. The van der Waals surface area contributed by atoms with E-state index in [4.69, 9.17) is 11.6 Å². The van der Waals surface area contributed by atoms with Crippen LogP contribution in [0.5, 0.6) is 0 Å². The lowest BCUT2D eigenvalue weighted by molar-refractivity contribution is -0.134. The summed E-state index contributed by atoms with van der Waals surface area (Å²) in [7, 11) is 1.69. The van der Waals surface area contributed by atoms with Crippen molar-refractivity contribution in [3.8, 4) is 0 Å². The Morgan fingerprint density at radius 1 is 1.54 bits per heavy atom. The van der Waals surface area contributed by atoms with Crippen LogP contribution in [0, 0.1) is 0 Å². The molecule has 0 aliphatic carbocycles. The molecule has 0 fully saturated rings. The normalized spacial score (nSPS) is 12.0. The van der Waals surface area contributed by atoms with Crippen LogP contribution in [0.2, 0.25) is 0 Å². The summed E-state index contributed by atoms with van der Waals surface area (Å²) in [6.45, 7) is 4.13. The minimum absolute atomic E-state index is 0.110. The van der Waals surface area contributed by atoms with Crippen molar-refractivity contribution < 1.29 is 9.59 Å². The molecule has 0 bridgehead atoms. The van der Waals surface area contributed by atoms with E-state index in [1.165, 1.54) is 0 Å². The van der Waals surface area contributed by atoms with Gasteiger partial charge in [-0.05, 0) is 13.8 Å². The molecule has 0 rings (SSSR count). The number of carbonyl (C=O) groups is 2. The first-order chi connectivity index (χ1) is 6.02. The van der Waals surface area contributed by atoms with Crippen LogP contribution in [0.25, 0.3) is 0 Å². The summed E-state index contributed by atoms with van der Waals surface area (Å²) in [5.41, 5.74) is 0. The van der Waals surface area contributed by atoms with E-state index in [-0.39, 0.29) is 17.7 Å². The summed E-state index contributed by atoms with van der Waals surface area (Å²) in [6.07, 6.45) is 0. The van der Waals surface area contributed by atoms with Crippen LogP contribution in [0.15, 0.2) is 0 Å². The maximum absolute atomic E-state index is 11.4. The number of hydrogen-bond donors (Lipinski definition) is 1. The van der Waals surface area contributed by atoms with Crippen LogP contribution in [-0.2, 0) is 9.59 Å². The molecule has 0 aliphatic heterocycles. The minimum atomic E-state index is -0.504. The number of hydrogen-bond acceptors (Lipinski definition) is 2. The van der Waals surface area contributed by atoms with Crippen LogP contribution < -0.4 is 5.32 Å². The number of halogens is 1. The molecule has 0 radical (unpaired) electrons. The number of nitrogens with zero attached hydrogens (tertiary/aromatic N) is 1. The Hall–Kier alpha value is -0.770. The Bertz CT molecular complexity index is 197. The van der Waals surface area contributed by atoms with E-state index in [0.29, 0.717) is 6.54 Å². The monoisotopic (exact) mass is 206 g/mol. The average Bonchev–Trinajstić information content (AvgIpc) is 2.14. The van der Waals surface area contributed by atoms with Gasteiger partial charge in [-0.2, -0.15) is 0 Å². The molecule has 1 unspecified atom stereocenters. The highest BCUT2D eigenvalue weighted by Crippen LogP contribution is 1.91. The van der Waals surface area contributed by atoms with Crippen molar-refractivity contribution in [1.29, 1.82) is 0 Å². The molecule has 5 heteroatoms. The summed E-state index contributed by atoms with van der Waals surface area (Å²) < 4.78 is 0. The molecule has 0 aromatic rings. The third kappa shape index (κ3) is 4.12. The summed E-state index contributed by atoms with van der Waals surface area (Å²) in [5, 5.41) is 2.48. The van der Waals surface area contributed by atoms with E-state index in [1.807, 2.05) is 6.92 Å². The maximum atomic E-state index is 11.4. The van der Waals surface area contributed by atoms with Crippen LogP contribution in [0.4, 0.5) is 0 Å². The minimum Gasteiger partial charge on any atom is -0.344 e. The number of amides is 2. The predicted octanol–water partition coefficient (Wildman–Crippen LogP) is 0.208. The number of alkyl halides is 1. The molecule has 2 amide bonds. The molecule has 0 aromatic carbocycles. The summed E-state index contributed by atoms with van der Waals surface area (Å²) in [5.74, 6) is -0.555. The first-order valence-corrected chi connectivity index (χ1v) is 4.66. The molecular formula is C8H15ClN2O2. The Morgan fingerprint density at radius 2 is 2.08 bits per heavy atom. The third-order valence-corrected chi connectivity index (χ3v) is 1.96. The van der Waals surface area contributed by atoms with Crippen LogP contribution in [0.3, 0.4) is 0 Å². The zero-order valence-corrected chi connectivity index (χ0v) is 8.89. The van der Waals surface area contributed by atoms with Gasteiger partial charge < -0.3 is 10.2 Å². The molecule has 0 spiro atoms.